The monoisotopic (exact) mass is 319 g/mol. The van der Waals surface area contributed by atoms with Crippen LogP contribution in [0.25, 0.3) is 0 Å². The molecular weight excluding hydrogens is 298 g/mol. The fourth-order valence-electron chi connectivity index (χ4n) is 2.83. The van der Waals surface area contributed by atoms with Gasteiger partial charge in [0.15, 0.2) is 0 Å². The lowest BCUT2D eigenvalue weighted by Crippen LogP contribution is -2.32. The SMILES string of the molecule is CCc1ccc(CNC(=O)[C@@H]2CCO[C@H]2c2ccnn2C)s1. The van der Waals surface area contributed by atoms with E-state index in [4.69, 9.17) is 4.74 Å². The number of carbonyl (C=O) groups is 1. The molecule has 2 atom stereocenters. The molecule has 0 radical (unpaired) electrons. The van der Waals surface area contributed by atoms with Gasteiger partial charge in [0.05, 0.1) is 18.2 Å². The number of hydrogen-bond acceptors (Lipinski definition) is 4. The first-order chi connectivity index (χ1) is 10.7. The van der Waals surface area contributed by atoms with Crippen LogP contribution in [0.3, 0.4) is 0 Å². The summed E-state index contributed by atoms with van der Waals surface area (Å²) in [6.07, 6.45) is 3.34. The number of rotatable bonds is 5. The number of aryl methyl sites for hydroxylation is 2. The summed E-state index contributed by atoms with van der Waals surface area (Å²) in [5.74, 6) is -0.0730. The van der Waals surface area contributed by atoms with Gasteiger partial charge in [-0.15, -0.1) is 11.3 Å². The van der Waals surface area contributed by atoms with Gasteiger partial charge < -0.3 is 10.1 Å². The zero-order chi connectivity index (χ0) is 15.5. The van der Waals surface area contributed by atoms with Crippen LogP contribution in [-0.4, -0.2) is 22.3 Å². The van der Waals surface area contributed by atoms with Crippen LogP contribution in [0.5, 0.6) is 0 Å². The summed E-state index contributed by atoms with van der Waals surface area (Å²) >= 11 is 1.76. The van der Waals surface area contributed by atoms with Gasteiger partial charge in [0.2, 0.25) is 5.91 Å². The highest BCUT2D eigenvalue weighted by atomic mass is 32.1. The summed E-state index contributed by atoms with van der Waals surface area (Å²) in [5.41, 5.74) is 0.960. The van der Waals surface area contributed by atoms with Crippen molar-refractivity contribution in [3.63, 3.8) is 0 Å². The van der Waals surface area contributed by atoms with E-state index >= 15 is 0 Å². The van der Waals surface area contributed by atoms with Crippen LogP contribution in [-0.2, 0) is 29.5 Å². The summed E-state index contributed by atoms with van der Waals surface area (Å²) in [6, 6.07) is 6.14. The van der Waals surface area contributed by atoms with E-state index in [0.29, 0.717) is 13.2 Å². The fourth-order valence-corrected chi connectivity index (χ4v) is 3.72. The number of carbonyl (C=O) groups excluding carboxylic acids is 1. The van der Waals surface area contributed by atoms with Crippen molar-refractivity contribution < 1.29 is 9.53 Å². The maximum absolute atomic E-state index is 12.5. The molecule has 0 aromatic carbocycles. The van der Waals surface area contributed by atoms with Crippen LogP contribution in [0.15, 0.2) is 24.4 Å². The largest absolute Gasteiger partial charge is 0.371 e. The van der Waals surface area contributed by atoms with Crippen LogP contribution in [0.1, 0.15) is 34.9 Å². The number of thiophene rings is 1. The van der Waals surface area contributed by atoms with Crippen LogP contribution in [0.2, 0.25) is 0 Å². The first-order valence-corrected chi connectivity index (χ1v) is 8.45. The first-order valence-electron chi connectivity index (χ1n) is 7.64. The number of amides is 1. The van der Waals surface area contributed by atoms with E-state index in [2.05, 4.69) is 29.5 Å². The third-order valence-corrected chi connectivity index (χ3v) is 5.31. The Balaban J connectivity index is 1.62. The minimum absolute atomic E-state index is 0.0650. The molecule has 1 fully saturated rings. The molecule has 3 rings (SSSR count). The average molecular weight is 319 g/mol. The number of hydrogen-bond donors (Lipinski definition) is 1. The van der Waals surface area contributed by atoms with Crippen molar-refractivity contribution in [2.45, 2.75) is 32.4 Å². The molecule has 1 saturated heterocycles. The molecule has 1 aliphatic rings. The van der Waals surface area contributed by atoms with E-state index in [9.17, 15) is 4.79 Å². The summed E-state index contributed by atoms with van der Waals surface area (Å²) in [5, 5.41) is 7.22. The summed E-state index contributed by atoms with van der Waals surface area (Å²) < 4.78 is 7.55. The first kappa shape index (κ1) is 15.2. The fraction of sp³-hybridized carbons (Fsp3) is 0.500. The Morgan fingerprint density at radius 1 is 1.45 bits per heavy atom. The summed E-state index contributed by atoms with van der Waals surface area (Å²) in [7, 11) is 1.88. The molecule has 1 amide bonds. The molecule has 0 unspecified atom stereocenters. The summed E-state index contributed by atoms with van der Waals surface area (Å²) in [6.45, 7) is 3.35. The lowest BCUT2D eigenvalue weighted by Gasteiger charge is -2.18. The predicted molar refractivity (Wildman–Crippen MR) is 85.6 cm³/mol. The minimum atomic E-state index is -0.193. The standard InChI is InChI=1S/C16H21N3O2S/c1-3-11-4-5-12(22-11)10-17-16(20)13-7-9-21-15(13)14-6-8-18-19(14)2/h4-6,8,13,15H,3,7,9-10H2,1-2H3,(H,17,20)/t13-,15-/m1/s1. The van der Waals surface area contributed by atoms with Gasteiger partial charge in [-0.3, -0.25) is 9.48 Å². The summed E-state index contributed by atoms with van der Waals surface area (Å²) in [4.78, 5) is 15.0. The molecule has 5 nitrogen and oxygen atoms in total. The minimum Gasteiger partial charge on any atom is -0.371 e. The van der Waals surface area contributed by atoms with Crippen LogP contribution < -0.4 is 5.32 Å². The number of nitrogens with one attached hydrogen (secondary N) is 1. The molecular formula is C16H21N3O2S. The Bertz CT molecular complexity index is 649. The topological polar surface area (TPSA) is 56.1 Å². The maximum atomic E-state index is 12.5. The van der Waals surface area contributed by atoms with Crippen molar-refractivity contribution in [2.24, 2.45) is 13.0 Å². The number of aromatic nitrogens is 2. The van der Waals surface area contributed by atoms with Gasteiger partial charge >= 0.3 is 0 Å². The lowest BCUT2D eigenvalue weighted by molar-refractivity contribution is -0.127. The highest BCUT2D eigenvalue weighted by Crippen LogP contribution is 2.34. The van der Waals surface area contributed by atoms with Crippen LogP contribution in [0, 0.1) is 5.92 Å². The Hall–Kier alpha value is -1.66. The molecule has 22 heavy (non-hydrogen) atoms. The third-order valence-electron chi connectivity index (χ3n) is 4.08. The molecule has 2 aromatic rings. The third kappa shape index (κ3) is 3.08. The zero-order valence-electron chi connectivity index (χ0n) is 12.9. The van der Waals surface area contributed by atoms with Gasteiger partial charge in [-0.25, -0.2) is 0 Å². The molecule has 0 bridgehead atoms. The van der Waals surface area contributed by atoms with Gasteiger partial charge in [0.1, 0.15) is 6.10 Å². The van der Waals surface area contributed by atoms with Crippen LogP contribution in [0.4, 0.5) is 0 Å². The smallest absolute Gasteiger partial charge is 0.226 e. The van der Waals surface area contributed by atoms with E-state index in [1.54, 1.807) is 22.2 Å². The second-order valence-corrected chi connectivity index (χ2v) is 6.76. The molecule has 6 heteroatoms. The Labute approximate surface area is 134 Å². The molecule has 0 spiro atoms. The van der Waals surface area contributed by atoms with E-state index in [1.807, 2.05) is 13.1 Å². The van der Waals surface area contributed by atoms with Crippen molar-refractivity contribution in [3.8, 4) is 0 Å². The van der Waals surface area contributed by atoms with Crippen LogP contribution >= 0.6 is 11.3 Å². The van der Waals surface area contributed by atoms with E-state index in [-0.39, 0.29) is 17.9 Å². The quantitative estimate of drug-likeness (QED) is 0.921. The maximum Gasteiger partial charge on any atom is 0.226 e. The van der Waals surface area contributed by atoms with Gasteiger partial charge in [-0.2, -0.15) is 5.10 Å². The predicted octanol–water partition coefficient (Wildman–Crippen LogP) is 2.44. The van der Waals surface area contributed by atoms with Crippen molar-refractivity contribution in [2.75, 3.05) is 6.61 Å². The molecule has 3 heterocycles. The molecule has 0 saturated carbocycles. The second-order valence-electron chi connectivity index (χ2n) is 5.51. The van der Waals surface area contributed by atoms with Gasteiger partial charge in [0, 0.05) is 29.6 Å². The normalized spacial score (nSPS) is 21.2. The van der Waals surface area contributed by atoms with Gasteiger partial charge in [0.25, 0.3) is 0 Å². The average Bonchev–Trinajstić information content (AvgIpc) is 3.24. The Morgan fingerprint density at radius 3 is 2.95 bits per heavy atom. The molecule has 118 valence electrons. The molecule has 1 aliphatic heterocycles. The van der Waals surface area contributed by atoms with E-state index < -0.39 is 0 Å². The molecule has 0 aliphatic carbocycles. The van der Waals surface area contributed by atoms with E-state index in [0.717, 1.165) is 18.5 Å². The number of nitrogens with zero attached hydrogens (tertiary/aromatic N) is 2. The Morgan fingerprint density at radius 2 is 2.27 bits per heavy atom. The van der Waals surface area contributed by atoms with Crippen molar-refractivity contribution in [1.82, 2.24) is 15.1 Å². The van der Waals surface area contributed by atoms with Crippen molar-refractivity contribution in [3.05, 3.63) is 39.8 Å². The Kier molecular flexibility index (Phi) is 4.59. The molecule has 1 N–H and O–H groups in total. The van der Waals surface area contributed by atoms with E-state index in [1.165, 1.54) is 9.75 Å². The van der Waals surface area contributed by atoms with Gasteiger partial charge in [-0.1, -0.05) is 6.92 Å². The molecule has 2 aromatic heterocycles. The zero-order valence-corrected chi connectivity index (χ0v) is 13.7. The van der Waals surface area contributed by atoms with Crippen molar-refractivity contribution >= 4 is 17.2 Å². The lowest BCUT2D eigenvalue weighted by atomic mass is 9.98. The highest BCUT2D eigenvalue weighted by molar-refractivity contribution is 7.11. The highest BCUT2D eigenvalue weighted by Gasteiger charge is 2.36. The van der Waals surface area contributed by atoms with Crippen molar-refractivity contribution in [1.29, 1.82) is 0 Å². The van der Waals surface area contributed by atoms with Gasteiger partial charge in [-0.05, 0) is 31.0 Å². The second kappa shape index (κ2) is 6.62. The number of ether oxygens (including phenoxy) is 1.